The average molecular weight is 200 g/mol. The molecule has 3 atom stereocenters. The molecule has 14 heavy (non-hydrogen) atoms. The molecule has 4 heteroatoms. The van der Waals surface area contributed by atoms with Crippen LogP contribution in [0.2, 0.25) is 0 Å². The van der Waals surface area contributed by atoms with Crippen molar-refractivity contribution in [3.05, 3.63) is 0 Å². The van der Waals surface area contributed by atoms with Crippen LogP contribution < -0.4 is 5.32 Å². The van der Waals surface area contributed by atoms with Crippen LogP contribution in [0, 0.1) is 5.92 Å². The summed E-state index contributed by atoms with van der Waals surface area (Å²) in [4.78, 5) is 13.1. The van der Waals surface area contributed by atoms with Gasteiger partial charge in [-0.15, -0.1) is 0 Å². The summed E-state index contributed by atoms with van der Waals surface area (Å²) in [6.07, 6.45) is 0. The Morgan fingerprint density at radius 2 is 2.21 bits per heavy atom. The maximum absolute atomic E-state index is 10.8. The van der Waals surface area contributed by atoms with Crippen LogP contribution in [0.3, 0.4) is 0 Å². The topological polar surface area (TPSA) is 52.6 Å². The summed E-state index contributed by atoms with van der Waals surface area (Å²) >= 11 is 0. The fourth-order valence-corrected chi connectivity index (χ4v) is 1.96. The van der Waals surface area contributed by atoms with Crippen molar-refractivity contribution in [1.82, 2.24) is 10.2 Å². The molecule has 0 saturated carbocycles. The van der Waals surface area contributed by atoms with Crippen LogP contribution in [0.1, 0.15) is 20.8 Å². The Morgan fingerprint density at radius 1 is 1.57 bits per heavy atom. The maximum atomic E-state index is 10.8. The lowest BCUT2D eigenvalue weighted by Crippen LogP contribution is -2.55. The summed E-state index contributed by atoms with van der Waals surface area (Å²) < 4.78 is 0. The van der Waals surface area contributed by atoms with Gasteiger partial charge in [0, 0.05) is 31.7 Å². The second kappa shape index (κ2) is 4.75. The van der Waals surface area contributed by atoms with Crippen LogP contribution in [-0.2, 0) is 4.79 Å². The molecular weight excluding hydrogens is 180 g/mol. The first-order chi connectivity index (χ1) is 6.54. The zero-order valence-corrected chi connectivity index (χ0v) is 9.16. The average Bonchev–Trinajstić information content (AvgIpc) is 2.16. The summed E-state index contributed by atoms with van der Waals surface area (Å²) in [6.45, 7) is 8.78. The second-order valence-corrected chi connectivity index (χ2v) is 4.16. The molecule has 0 aromatic carbocycles. The number of rotatable bonds is 3. The molecule has 1 saturated heterocycles. The van der Waals surface area contributed by atoms with Gasteiger partial charge in [-0.25, -0.2) is 0 Å². The molecule has 4 nitrogen and oxygen atoms in total. The van der Waals surface area contributed by atoms with Gasteiger partial charge in [0.15, 0.2) is 0 Å². The molecule has 0 spiro atoms. The molecule has 1 heterocycles. The van der Waals surface area contributed by atoms with Crippen molar-refractivity contribution in [3.8, 4) is 0 Å². The monoisotopic (exact) mass is 200 g/mol. The molecule has 3 unspecified atom stereocenters. The number of nitrogens with one attached hydrogen (secondary N) is 1. The standard InChI is InChI=1S/C10H20N2O2/c1-7-6-11-4-5-12(7)9(3)8(2)10(13)14/h7-9,11H,4-6H2,1-3H3,(H,13,14). The molecule has 0 aromatic rings. The zero-order valence-electron chi connectivity index (χ0n) is 9.16. The highest BCUT2D eigenvalue weighted by atomic mass is 16.4. The van der Waals surface area contributed by atoms with Gasteiger partial charge in [0.25, 0.3) is 0 Å². The van der Waals surface area contributed by atoms with Crippen molar-refractivity contribution in [2.45, 2.75) is 32.9 Å². The number of hydrogen-bond donors (Lipinski definition) is 2. The van der Waals surface area contributed by atoms with Gasteiger partial charge >= 0.3 is 5.97 Å². The number of piperazine rings is 1. The van der Waals surface area contributed by atoms with Crippen LogP contribution >= 0.6 is 0 Å². The number of hydrogen-bond acceptors (Lipinski definition) is 3. The van der Waals surface area contributed by atoms with Gasteiger partial charge in [-0.1, -0.05) is 6.92 Å². The molecule has 0 amide bonds. The number of carboxylic acids is 1. The summed E-state index contributed by atoms with van der Waals surface area (Å²) in [6, 6.07) is 0.546. The smallest absolute Gasteiger partial charge is 0.307 e. The van der Waals surface area contributed by atoms with Gasteiger partial charge in [-0.2, -0.15) is 0 Å². The summed E-state index contributed by atoms with van der Waals surface area (Å²) in [7, 11) is 0. The van der Waals surface area contributed by atoms with E-state index in [9.17, 15) is 4.79 Å². The van der Waals surface area contributed by atoms with Crippen LogP contribution in [0.15, 0.2) is 0 Å². The molecule has 0 radical (unpaired) electrons. The van der Waals surface area contributed by atoms with Crippen LogP contribution in [0.5, 0.6) is 0 Å². The van der Waals surface area contributed by atoms with E-state index in [-0.39, 0.29) is 12.0 Å². The lowest BCUT2D eigenvalue weighted by atomic mass is 10.00. The van der Waals surface area contributed by atoms with E-state index in [0.717, 1.165) is 19.6 Å². The predicted octanol–water partition coefficient (Wildman–Crippen LogP) is 0.389. The Labute approximate surface area is 85.3 Å². The van der Waals surface area contributed by atoms with Gasteiger partial charge in [0.2, 0.25) is 0 Å². The van der Waals surface area contributed by atoms with Crippen molar-refractivity contribution >= 4 is 5.97 Å². The fourth-order valence-electron chi connectivity index (χ4n) is 1.96. The van der Waals surface area contributed by atoms with Crippen LogP contribution in [0.4, 0.5) is 0 Å². The second-order valence-electron chi connectivity index (χ2n) is 4.16. The Hall–Kier alpha value is -0.610. The summed E-state index contributed by atoms with van der Waals surface area (Å²) in [5, 5.41) is 12.2. The van der Waals surface area contributed by atoms with E-state index in [2.05, 4.69) is 17.1 Å². The molecule has 1 rings (SSSR count). The normalized spacial score (nSPS) is 28.4. The number of carbonyl (C=O) groups is 1. The molecule has 0 aliphatic carbocycles. The van der Waals surface area contributed by atoms with E-state index in [4.69, 9.17) is 5.11 Å². The van der Waals surface area contributed by atoms with E-state index < -0.39 is 5.97 Å². The number of nitrogens with zero attached hydrogens (tertiary/aromatic N) is 1. The minimum absolute atomic E-state index is 0.115. The third-order valence-corrected chi connectivity index (χ3v) is 3.19. The minimum atomic E-state index is -0.705. The van der Waals surface area contributed by atoms with Crippen LogP contribution in [0.25, 0.3) is 0 Å². The van der Waals surface area contributed by atoms with E-state index >= 15 is 0 Å². The molecule has 1 aliphatic rings. The Kier molecular flexibility index (Phi) is 3.89. The molecule has 2 N–H and O–H groups in total. The van der Waals surface area contributed by atoms with Gasteiger partial charge in [0.1, 0.15) is 0 Å². The molecular formula is C10H20N2O2. The summed E-state index contributed by atoms with van der Waals surface area (Å²) in [5.41, 5.74) is 0. The van der Waals surface area contributed by atoms with Gasteiger partial charge in [-0.05, 0) is 13.8 Å². The zero-order chi connectivity index (χ0) is 10.7. The first kappa shape index (κ1) is 11.5. The third kappa shape index (κ3) is 2.45. The quantitative estimate of drug-likeness (QED) is 0.692. The van der Waals surface area contributed by atoms with Gasteiger partial charge in [0.05, 0.1) is 5.92 Å². The fraction of sp³-hybridized carbons (Fsp3) is 0.900. The SMILES string of the molecule is CC(C(=O)O)C(C)N1CCNCC1C. The molecule has 0 bridgehead atoms. The van der Waals surface area contributed by atoms with E-state index in [1.165, 1.54) is 0 Å². The molecule has 82 valence electrons. The summed E-state index contributed by atoms with van der Waals surface area (Å²) in [5.74, 6) is -1.00. The lowest BCUT2D eigenvalue weighted by molar-refractivity contribution is -0.143. The van der Waals surface area contributed by atoms with Gasteiger partial charge < -0.3 is 10.4 Å². The lowest BCUT2D eigenvalue weighted by Gasteiger charge is -2.39. The third-order valence-electron chi connectivity index (χ3n) is 3.19. The highest BCUT2D eigenvalue weighted by Crippen LogP contribution is 2.15. The first-order valence-electron chi connectivity index (χ1n) is 5.23. The highest BCUT2D eigenvalue weighted by molar-refractivity contribution is 5.70. The largest absolute Gasteiger partial charge is 0.481 e. The van der Waals surface area contributed by atoms with Gasteiger partial charge in [-0.3, -0.25) is 9.69 Å². The van der Waals surface area contributed by atoms with Crippen molar-refractivity contribution < 1.29 is 9.90 Å². The van der Waals surface area contributed by atoms with E-state index in [1.807, 2.05) is 6.92 Å². The number of carboxylic acid groups (broad SMARTS) is 1. The van der Waals surface area contributed by atoms with Crippen LogP contribution in [-0.4, -0.2) is 47.7 Å². The minimum Gasteiger partial charge on any atom is -0.481 e. The van der Waals surface area contributed by atoms with Crippen molar-refractivity contribution in [1.29, 1.82) is 0 Å². The first-order valence-corrected chi connectivity index (χ1v) is 5.23. The van der Waals surface area contributed by atoms with E-state index in [1.54, 1.807) is 6.92 Å². The molecule has 0 aromatic heterocycles. The van der Waals surface area contributed by atoms with Crippen molar-refractivity contribution in [2.24, 2.45) is 5.92 Å². The highest BCUT2D eigenvalue weighted by Gasteiger charge is 2.29. The Morgan fingerprint density at radius 3 is 2.71 bits per heavy atom. The predicted molar refractivity (Wildman–Crippen MR) is 55.3 cm³/mol. The number of aliphatic carboxylic acids is 1. The van der Waals surface area contributed by atoms with E-state index in [0.29, 0.717) is 6.04 Å². The Balaban J connectivity index is 2.57. The van der Waals surface area contributed by atoms with Crippen molar-refractivity contribution in [3.63, 3.8) is 0 Å². The molecule has 1 fully saturated rings. The Bertz CT molecular complexity index is 208. The molecule has 1 aliphatic heterocycles. The van der Waals surface area contributed by atoms with Crippen molar-refractivity contribution in [2.75, 3.05) is 19.6 Å². The maximum Gasteiger partial charge on any atom is 0.307 e.